The van der Waals surface area contributed by atoms with Gasteiger partial charge in [-0.2, -0.15) is 5.26 Å². The Kier molecular flexibility index (Phi) is 5.51. The second kappa shape index (κ2) is 7.58. The van der Waals surface area contributed by atoms with Crippen LogP contribution in [0.25, 0.3) is 6.08 Å². The molecular formula is C18H15BrN2O. The van der Waals surface area contributed by atoms with E-state index >= 15 is 0 Å². The van der Waals surface area contributed by atoms with Gasteiger partial charge in [0.15, 0.2) is 0 Å². The van der Waals surface area contributed by atoms with E-state index in [1.807, 2.05) is 67.6 Å². The fourth-order valence-corrected chi connectivity index (χ4v) is 2.39. The summed E-state index contributed by atoms with van der Waals surface area (Å²) >= 11 is 3.40. The molecule has 0 bridgehead atoms. The molecule has 0 fully saturated rings. The van der Waals surface area contributed by atoms with Crippen molar-refractivity contribution in [2.24, 2.45) is 0 Å². The molecule has 1 atom stereocenters. The number of hydrogen-bond acceptors (Lipinski definition) is 2. The van der Waals surface area contributed by atoms with Crippen molar-refractivity contribution in [1.82, 2.24) is 5.32 Å². The number of benzene rings is 2. The average Bonchev–Trinajstić information content (AvgIpc) is 2.54. The van der Waals surface area contributed by atoms with Crippen molar-refractivity contribution in [2.75, 3.05) is 0 Å². The molecule has 0 aliphatic carbocycles. The Balaban J connectivity index is 2.17. The zero-order chi connectivity index (χ0) is 15.9. The first-order valence-corrected chi connectivity index (χ1v) is 7.63. The van der Waals surface area contributed by atoms with Crippen LogP contribution in [0.2, 0.25) is 0 Å². The van der Waals surface area contributed by atoms with E-state index in [1.54, 1.807) is 6.08 Å². The Morgan fingerprint density at radius 2 is 1.82 bits per heavy atom. The lowest BCUT2D eigenvalue weighted by Gasteiger charge is -2.13. The summed E-state index contributed by atoms with van der Waals surface area (Å²) in [6.07, 6.45) is 1.58. The van der Waals surface area contributed by atoms with E-state index < -0.39 is 0 Å². The van der Waals surface area contributed by atoms with Gasteiger partial charge >= 0.3 is 0 Å². The van der Waals surface area contributed by atoms with E-state index in [2.05, 4.69) is 21.2 Å². The Hall–Kier alpha value is -2.38. The van der Waals surface area contributed by atoms with Gasteiger partial charge < -0.3 is 5.32 Å². The molecule has 0 saturated carbocycles. The Morgan fingerprint density at radius 3 is 2.45 bits per heavy atom. The Bertz CT molecular complexity index is 732. The molecule has 1 N–H and O–H groups in total. The molecule has 22 heavy (non-hydrogen) atoms. The topological polar surface area (TPSA) is 52.9 Å². The first kappa shape index (κ1) is 16.0. The van der Waals surface area contributed by atoms with Crippen LogP contribution < -0.4 is 5.32 Å². The highest BCUT2D eigenvalue weighted by molar-refractivity contribution is 9.10. The standard InChI is InChI=1S/C18H15BrN2O/c1-13(14-7-3-2-4-8-14)21-18(22)16(12-20)11-15-9-5-6-10-17(15)19/h2-11,13H,1H3,(H,21,22)/b16-11-/t13-/m1/s1. The molecule has 0 radical (unpaired) electrons. The van der Waals surface area contributed by atoms with Crippen LogP contribution >= 0.6 is 15.9 Å². The van der Waals surface area contributed by atoms with Gasteiger partial charge in [-0.1, -0.05) is 64.5 Å². The first-order valence-electron chi connectivity index (χ1n) is 6.84. The van der Waals surface area contributed by atoms with Gasteiger partial charge in [-0.25, -0.2) is 0 Å². The highest BCUT2D eigenvalue weighted by atomic mass is 79.9. The van der Waals surface area contributed by atoms with Gasteiger partial charge in [-0.15, -0.1) is 0 Å². The van der Waals surface area contributed by atoms with Crippen molar-refractivity contribution in [3.05, 3.63) is 75.8 Å². The number of amides is 1. The van der Waals surface area contributed by atoms with Crippen molar-refractivity contribution in [3.63, 3.8) is 0 Å². The van der Waals surface area contributed by atoms with E-state index in [0.717, 1.165) is 15.6 Å². The number of halogens is 1. The lowest BCUT2D eigenvalue weighted by atomic mass is 10.1. The number of rotatable bonds is 4. The van der Waals surface area contributed by atoms with E-state index in [9.17, 15) is 10.1 Å². The molecule has 0 unspecified atom stereocenters. The minimum Gasteiger partial charge on any atom is -0.345 e. The molecule has 4 heteroatoms. The third-order valence-corrected chi connectivity index (χ3v) is 3.94. The van der Waals surface area contributed by atoms with Crippen LogP contribution in [-0.2, 0) is 4.79 Å². The van der Waals surface area contributed by atoms with Gasteiger partial charge in [0.05, 0.1) is 6.04 Å². The SMILES string of the molecule is C[C@@H](NC(=O)/C(C#N)=C\c1ccccc1Br)c1ccccc1. The summed E-state index contributed by atoms with van der Waals surface area (Å²) in [5, 5.41) is 12.1. The molecule has 110 valence electrons. The summed E-state index contributed by atoms with van der Waals surface area (Å²) < 4.78 is 0.839. The van der Waals surface area contributed by atoms with Crippen LogP contribution in [-0.4, -0.2) is 5.91 Å². The number of nitriles is 1. The van der Waals surface area contributed by atoms with Crippen molar-refractivity contribution < 1.29 is 4.79 Å². The fourth-order valence-electron chi connectivity index (χ4n) is 2.00. The van der Waals surface area contributed by atoms with Crippen molar-refractivity contribution in [2.45, 2.75) is 13.0 Å². The van der Waals surface area contributed by atoms with Crippen LogP contribution in [0.15, 0.2) is 64.6 Å². The zero-order valence-corrected chi connectivity index (χ0v) is 13.7. The van der Waals surface area contributed by atoms with Crippen molar-refractivity contribution in [1.29, 1.82) is 5.26 Å². The molecule has 0 spiro atoms. The molecule has 0 saturated heterocycles. The van der Waals surface area contributed by atoms with Crippen molar-refractivity contribution in [3.8, 4) is 6.07 Å². The van der Waals surface area contributed by atoms with Crippen LogP contribution in [0.1, 0.15) is 24.1 Å². The van der Waals surface area contributed by atoms with Gasteiger partial charge in [0.2, 0.25) is 0 Å². The van der Waals surface area contributed by atoms with Gasteiger partial charge in [0.1, 0.15) is 11.6 Å². The molecule has 2 rings (SSSR count). The maximum absolute atomic E-state index is 12.3. The van der Waals surface area contributed by atoms with E-state index in [0.29, 0.717) is 0 Å². The molecule has 3 nitrogen and oxygen atoms in total. The van der Waals surface area contributed by atoms with E-state index in [-0.39, 0.29) is 17.5 Å². The van der Waals surface area contributed by atoms with Crippen LogP contribution in [0.3, 0.4) is 0 Å². The summed E-state index contributed by atoms with van der Waals surface area (Å²) in [5.74, 6) is -0.380. The summed E-state index contributed by atoms with van der Waals surface area (Å²) in [5.41, 5.74) is 1.87. The predicted molar refractivity (Wildman–Crippen MR) is 90.7 cm³/mol. The Morgan fingerprint density at radius 1 is 1.18 bits per heavy atom. The van der Waals surface area contributed by atoms with Crippen LogP contribution in [0, 0.1) is 11.3 Å². The van der Waals surface area contributed by atoms with Gasteiger partial charge in [-0.05, 0) is 30.2 Å². The lowest BCUT2D eigenvalue weighted by molar-refractivity contribution is -0.117. The predicted octanol–water partition coefficient (Wildman–Crippen LogP) is 4.23. The van der Waals surface area contributed by atoms with Crippen LogP contribution in [0.5, 0.6) is 0 Å². The number of carbonyl (C=O) groups excluding carboxylic acids is 1. The molecular weight excluding hydrogens is 340 g/mol. The molecule has 2 aromatic rings. The van der Waals surface area contributed by atoms with E-state index in [4.69, 9.17) is 0 Å². The number of nitrogens with one attached hydrogen (secondary N) is 1. The normalized spacial score (nSPS) is 12.3. The molecule has 0 heterocycles. The fraction of sp³-hybridized carbons (Fsp3) is 0.111. The van der Waals surface area contributed by atoms with Gasteiger partial charge in [-0.3, -0.25) is 4.79 Å². The van der Waals surface area contributed by atoms with Gasteiger partial charge in [0.25, 0.3) is 5.91 Å². The summed E-state index contributed by atoms with van der Waals surface area (Å²) in [7, 11) is 0. The smallest absolute Gasteiger partial charge is 0.262 e. The highest BCUT2D eigenvalue weighted by Gasteiger charge is 2.14. The number of carbonyl (C=O) groups is 1. The quantitative estimate of drug-likeness (QED) is 0.659. The molecule has 2 aromatic carbocycles. The first-order chi connectivity index (χ1) is 10.6. The third kappa shape index (κ3) is 4.06. The van der Waals surface area contributed by atoms with Crippen molar-refractivity contribution >= 4 is 27.9 Å². The maximum Gasteiger partial charge on any atom is 0.262 e. The Labute approximate surface area is 138 Å². The second-order valence-corrected chi connectivity index (χ2v) is 5.65. The molecule has 0 aromatic heterocycles. The molecule has 0 aliphatic heterocycles. The highest BCUT2D eigenvalue weighted by Crippen LogP contribution is 2.19. The monoisotopic (exact) mass is 354 g/mol. The largest absolute Gasteiger partial charge is 0.345 e. The van der Waals surface area contributed by atoms with Crippen LogP contribution in [0.4, 0.5) is 0 Å². The number of nitrogens with zero attached hydrogens (tertiary/aromatic N) is 1. The maximum atomic E-state index is 12.3. The average molecular weight is 355 g/mol. The van der Waals surface area contributed by atoms with Gasteiger partial charge in [0, 0.05) is 4.47 Å². The molecule has 1 amide bonds. The second-order valence-electron chi connectivity index (χ2n) is 4.80. The zero-order valence-electron chi connectivity index (χ0n) is 12.1. The summed E-state index contributed by atoms with van der Waals surface area (Å²) in [6, 6.07) is 18.9. The summed E-state index contributed by atoms with van der Waals surface area (Å²) in [4.78, 5) is 12.3. The third-order valence-electron chi connectivity index (χ3n) is 3.22. The molecule has 0 aliphatic rings. The number of hydrogen-bond donors (Lipinski definition) is 1. The minimum absolute atomic E-state index is 0.0784. The summed E-state index contributed by atoms with van der Waals surface area (Å²) in [6.45, 7) is 1.89. The lowest BCUT2D eigenvalue weighted by Crippen LogP contribution is -2.27. The minimum atomic E-state index is -0.380. The van der Waals surface area contributed by atoms with E-state index in [1.165, 1.54) is 0 Å².